The second-order valence-electron chi connectivity index (χ2n) is 3.13. The molecule has 0 saturated heterocycles. The number of rotatable bonds is 2. The molecule has 0 N–H and O–H groups in total. The first-order valence-electron chi connectivity index (χ1n) is 4.54. The zero-order valence-corrected chi connectivity index (χ0v) is 9.97. The van der Waals surface area contributed by atoms with Crippen LogP contribution in [0.3, 0.4) is 0 Å². The van der Waals surface area contributed by atoms with Gasteiger partial charge in [0.15, 0.2) is 0 Å². The first-order valence-corrected chi connectivity index (χ1v) is 5.66. The van der Waals surface area contributed by atoms with Gasteiger partial charge in [0, 0.05) is 5.56 Å². The molecule has 1 aromatic rings. The Morgan fingerprint density at radius 3 is 2.43 bits per heavy atom. The lowest BCUT2D eigenvalue weighted by molar-refractivity contribution is 0.242. The van der Waals surface area contributed by atoms with Gasteiger partial charge in [0.2, 0.25) is 0 Å². The second-order valence-corrected chi connectivity index (χ2v) is 3.69. The van der Waals surface area contributed by atoms with E-state index in [-0.39, 0.29) is 6.10 Å². The zero-order chi connectivity index (χ0) is 10.4. The third-order valence-electron chi connectivity index (χ3n) is 1.53. The molecule has 1 rings (SSSR count). The van der Waals surface area contributed by atoms with Crippen molar-refractivity contribution in [1.82, 2.24) is 0 Å². The SMILES string of the molecule is CC(C)Oc1ccc(C#CCBr)cc1. The molecule has 14 heavy (non-hydrogen) atoms. The third kappa shape index (κ3) is 3.85. The Hall–Kier alpha value is -0.940. The first-order chi connectivity index (χ1) is 6.72. The van der Waals surface area contributed by atoms with Crippen LogP contribution in [0.1, 0.15) is 19.4 Å². The molecule has 0 fully saturated rings. The van der Waals surface area contributed by atoms with Crippen molar-refractivity contribution in [3.63, 3.8) is 0 Å². The molecule has 74 valence electrons. The van der Waals surface area contributed by atoms with Crippen LogP contribution in [-0.4, -0.2) is 11.4 Å². The summed E-state index contributed by atoms with van der Waals surface area (Å²) in [4.78, 5) is 0. The number of hydrogen-bond donors (Lipinski definition) is 0. The smallest absolute Gasteiger partial charge is 0.119 e. The van der Waals surface area contributed by atoms with Crippen LogP contribution in [0.15, 0.2) is 24.3 Å². The average molecular weight is 253 g/mol. The second kappa shape index (κ2) is 5.72. The molecule has 0 aliphatic heterocycles. The summed E-state index contributed by atoms with van der Waals surface area (Å²) < 4.78 is 5.52. The number of benzene rings is 1. The minimum absolute atomic E-state index is 0.217. The van der Waals surface area contributed by atoms with Gasteiger partial charge in [0.05, 0.1) is 11.4 Å². The van der Waals surface area contributed by atoms with E-state index in [1.54, 1.807) is 0 Å². The van der Waals surface area contributed by atoms with Gasteiger partial charge in [-0.25, -0.2) is 0 Å². The maximum Gasteiger partial charge on any atom is 0.119 e. The molecular formula is C12H13BrO. The van der Waals surface area contributed by atoms with Gasteiger partial charge in [-0.3, -0.25) is 0 Å². The van der Waals surface area contributed by atoms with Gasteiger partial charge >= 0.3 is 0 Å². The van der Waals surface area contributed by atoms with Gasteiger partial charge in [-0.15, -0.1) is 0 Å². The van der Waals surface area contributed by atoms with Crippen LogP contribution in [0.5, 0.6) is 5.75 Å². The third-order valence-corrected chi connectivity index (χ3v) is 1.81. The van der Waals surface area contributed by atoms with Gasteiger partial charge in [0.1, 0.15) is 5.75 Å². The van der Waals surface area contributed by atoms with Crippen molar-refractivity contribution in [3.05, 3.63) is 29.8 Å². The fourth-order valence-electron chi connectivity index (χ4n) is 1.02. The van der Waals surface area contributed by atoms with Crippen LogP contribution in [-0.2, 0) is 0 Å². The molecule has 0 aromatic heterocycles. The van der Waals surface area contributed by atoms with Crippen molar-refractivity contribution >= 4 is 15.9 Å². The van der Waals surface area contributed by atoms with Crippen molar-refractivity contribution < 1.29 is 4.74 Å². The van der Waals surface area contributed by atoms with Gasteiger partial charge in [0.25, 0.3) is 0 Å². The first kappa shape index (κ1) is 11.1. The number of alkyl halides is 1. The van der Waals surface area contributed by atoms with E-state index < -0.39 is 0 Å². The summed E-state index contributed by atoms with van der Waals surface area (Å²) in [6.45, 7) is 4.02. The summed E-state index contributed by atoms with van der Waals surface area (Å²) in [5.74, 6) is 6.87. The molecule has 1 aromatic carbocycles. The lowest BCUT2D eigenvalue weighted by Gasteiger charge is -2.08. The van der Waals surface area contributed by atoms with Crippen LogP contribution in [0.25, 0.3) is 0 Å². The molecule has 0 aliphatic carbocycles. The van der Waals surface area contributed by atoms with Crippen LogP contribution in [0, 0.1) is 11.8 Å². The van der Waals surface area contributed by atoms with E-state index in [0.29, 0.717) is 5.33 Å². The standard InChI is InChI=1S/C12H13BrO/c1-10(2)14-12-7-5-11(6-8-12)4-3-9-13/h5-8,10H,9H2,1-2H3. The van der Waals surface area contributed by atoms with E-state index in [1.807, 2.05) is 38.1 Å². The molecule has 0 aliphatic rings. The monoisotopic (exact) mass is 252 g/mol. The van der Waals surface area contributed by atoms with E-state index >= 15 is 0 Å². The minimum Gasteiger partial charge on any atom is -0.491 e. The molecular weight excluding hydrogens is 240 g/mol. The highest BCUT2D eigenvalue weighted by atomic mass is 79.9. The summed E-state index contributed by atoms with van der Waals surface area (Å²) in [7, 11) is 0. The van der Waals surface area contributed by atoms with Gasteiger partial charge in [-0.2, -0.15) is 0 Å². The normalized spacial score (nSPS) is 9.43. The Morgan fingerprint density at radius 2 is 1.93 bits per heavy atom. The van der Waals surface area contributed by atoms with Crippen molar-refractivity contribution in [3.8, 4) is 17.6 Å². The minimum atomic E-state index is 0.217. The largest absolute Gasteiger partial charge is 0.491 e. The summed E-state index contributed by atoms with van der Waals surface area (Å²) in [6.07, 6.45) is 0.217. The highest BCUT2D eigenvalue weighted by Crippen LogP contribution is 2.12. The molecule has 0 heterocycles. The Kier molecular flexibility index (Phi) is 4.55. The quantitative estimate of drug-likeness (QED) is 0.580. The van der Waals surface area contributed by atoms with Gasteiger partial charge < -0.3 is 4.74 Å². The summed E-state index contributed by atoms with van der Waals surface area (Å²) in [6, 6.07) is 7.82. The maximum atomic E-state index is 5.52. The van der Waals surface area contributed by atoms with Gasteiger partial charge in [-0.1, -0.05) is 27.8 Å². The summed E-state index contributed by atoms with van der Waals surface area (Å²) in [5.41, 5.74) is 1.01. The van der Waals surface area contributed by atoms with Crippen molar-refractivity contribution in [2.75, 3.05) is 5.33 Å². The van der Waals surface area contributed by atoms with Crippen molar-refractivity contribution in [2.45, 2.75) is 20.0 Å². The molecule has 0 saturated carbocycles. The van der Waals surface area contributed by atoms with Crippen molar-refractivity contribution in [1.29, 1.82) is 0 Å². The Morgan fingerprint density at radius 1 is 1.29 bits per heavy atom. The molecule has 0 atom stereocenters. The Bertz CT molecular complexity index is 330. The highest BCUT2D eigenvalue weighted by Gasteiger charge is 1.95. The number of ether oxygens (including phenoxy) is 1. The molecule has 1 nitrogen and oxygen atoms in total. The lowest BCUT2D eigenvalue weighted by atomic mass is 10.2. The summed E-state index contributed by atoms with van der Waals surface area (Å²) >= 11 is 3.26. The van der Waals surface area contributed by atoms with E-state index in [1.165, 1.54) is 0 Å². The van der Waals surface area contributed by atoms with E-state index in [4.69, 9.17) is 4.74 Å². The van der Waals surface area contributed by atoms with Crippen molar-refractivity contribution in [2.24, 2.45) is 0 Å². The average Bonchev–Trinajstić information content (AvgIpc) is 2.16. The fraction of sp³-hybridized carbons (Fsp3) is 0.333. The number of hydrogen-bond acceptors (Lipinski definition) is 1. The maximum absolute atomic E-state index is 5.52. The predicted octanol–water partition coefficient (Wildman–Crippen LogP) is 3.22. The Balaban J connectivity index is 2.68. The van der Waals surface area contributed by atoms with Crippen LogP contribution in [0.4, 0.5) is 0 Å². The van der Waals surface area contributed by atoms with E-state index in [9.17, 15) is 0 Å². The van der Waals surface area contributed by atoms with Crippen LogP contribution in [0.2, 0.25) is 0 Å². The van der Waals surface area contributed by atoms with Gasteiger partial charge in [-0.05, 0) is 38.1 Å². The fourth-order valence-corrected chi connectivity index (χ4v) is 1.16. The summed E-state index contributed by atoms with van der Waals surface area (Å²) in [5, 5.41) is 0.706. The predicted molar refractivity (Wildman–Crippen MR) is 62.9 cm³/mol. The zero-order valence-electron chi connectivity index (χ0n) is 8.38. The molecule has 0 spiro atoms. The number of halogens is 1. The lowest BCUT2D eigenvalue weighted by Crippen LogP contribution is -2.05. The van der Waals surface area contributed by atoms with E-state index in [2.05, 4.69) is 27.8 Å². The van der Waals surface area contributed by atoms with Crippen LogP contribution >= 0.6 is 15.9 Å². The Labute approximate surface area is 93.6 Å². The molecule has 2 heteroatoms. The molecule has 0 bridgehead atoms. The van der Waals surface area contributed by atoms with Crippen LogP contribution < -0.4 is 4.74 Å². The molecule has 0 radical (unpaired) electrons. The molecule has 0 amide bonds. The van der Waals surface area contributed by atoms with E-state index in [0.717, 1.165) is 11.3 Å². The molecule has 0 unspecified atom stereocenters. The highest BCUT2D eigenvalue weighted by molar-refractivity contribution is 9.09. The topological polar surface area (TPSA) is 9.23 Å².